The van der Waals surface area contributed by atoms with Crippen molar-refractivity contribution in [2.24, 2.45) is 0 Å². The molecule has 3 rings (SSSR count). The number of nitrogens with one attached hydrogen (secondary N) is 1. The second kappa shape index (κ2) is 8.17. The van der Waals surface area contributed by atoms with E-state index < -0.39 is 0 Å². The maximum Gasteiger partial charge on any atom is 0.255 e. The van der Waals surface area contributed by atoms with E-state index in [1.165, 1.54) is 0 Å². The molecule has 7 heteroatoms. The lowest BCUT2D eigenvalue weighted by atomic mass is 9.99. The van der Waals surface area contributed by atoms with Crippen LogP contribution in [0.3, 0.4) is 0 Å². The van der Waals surface area contributed by atoms with Gasteiger partial charge in [-0.15, -0.1) is 5.92 Å². The van der Waals surface area contributed by atoms with Crippen LogP contribution < -0.4 is 15.8 Å². The highest BCUT2D eigenvalue weighted by Crippen LogP contribution is 2.30. The molecule has 2 fully saturated rings. The number of fused-ring (bicyclic) bond motifs is 2. The fourth-order valence-electron chi connectivity index (χ4n) is 3.36. The molecule has 1 aromatic rings. The number of carbonyl (C=O) groups excluding carboxylic acids is 1. The van der Waals surface area contributed by atoms with Gasteiger partial charge in [-0.2, -0.15) is 0 Å². The third-order valence-electron chi connectivity index (χ3n) is 4.69. The van der Waals surface area contributed by atoms with Gasteiger partial charge in [-0.1, -0.05) is 17.5 Å². The van der Waals surface area contributed by atoms with E-state index in [1.807, 2.05) is 6.92 Å². The third-order valence-corrected chi connectivity index (χ3v) is 5.02. The number of nitrogens with zero attached hydrogens (tertiary/aromatic N) is 1. The number of hydrogen-bond donors (Lipinski definition) is 2. The molecule has 4 atom stereocenters. The Balaban J connectivity index is 1.78. The molecule has 2 heterocycles. The number of nitrogen functional groups attached to an aromatic ring is 1. The molecule has 26 heavy (non-hydrogen) atoms. The molecule has 2 aliphatic heterocycles. The van der Waals surface area contributed by atoms with E-state index >= 15 is 0 Å². The molecule has 6 nitrogen and oxygen atoms in total. The molecule has 140 valence electrons. The van der Waals surface area contributed by atoms with Gasteiger partial charge in [-0.3, -0.25) is 9.69 Å². The van der Waals surface area contributed by atoms with Gasteiger partial charge in [0, 0.05) is 25.7 Å². The van der Waals surface area contributed by atoms with Crippen LogP contribution in [-0.4, -0.2) is 55.3 Å². The van der Waals surface area contributed by atoms with Crippen molar-refractivity contribution in [3.05, 3.63) is 22.7 Å². The van der Waals surface area contributed by atoms with E-state index in [9.17, 15) is 4.79 Å². The first kappa shape index (κ1) is 18.8. The highest BCUT2D eigenvalue weighted by molar-refractivity contribution is 6.33. The summed E-state index contributed by atoms with van der Waals surface area (Å²) in [5.74, 6) is 5.83. The van der Waals surface area contributed by atoms with Crippen molar-refractivity contribution in [2.45, 2.75) is 38.5 Å². The van der Waals surface area contributed by atoms with Crippen LogP contribution in [-0.2, 0) is 4.74 Å². The van der Waals surface area contributed by atoms with E-state index in [1.54, 1.807) is 19.1 Å². The summed E-state index contributed by atoms with van der Waals surface area (Å²) in [5, 5.41) is 3.40. The summed E-state index contributed by atoms with van der Waals surface area (Å²) in [6.45, 7) is 7.01. The average Bonchev–Trinajstić information content (AvgIpc) is 2.61. The van der Waals surface area contributed by atoms with E-state index in [2.05, 4.69) is 22.1 Å². The molecule has 1 aromatic carbocycles. The van der Waals surface area contributed by atoms with Crippen LogP contribution in [0.25, 0.3) is 0 Å². The Kier molecular flexibility index (Phi) is 5.92. The van der Waals surface area contributed by atoms with Crippen LogP contribution in [0.1, 0.15) is 30.6 Å². The fraction of sp³-hybridized carbons (Fsp3) is 0.526. The number of halogens is 1. The molecule has 2 unspecified atom stereocenters. The Hall–Kier alpha value is -1.94. The first-order valence-corrected chi connectivity index (χ1v) is 9.18. The standard InChI is InChI=1S/C19H24ClN3O3/c1-3-4-12(2)26-17-10-15(21)14(20)9-13(17)19(24)22-16-5-6-23-7-8-25-18(16)11-23/h9-10,12,16,18H,5-8,11,21H2,1-2H3,(H,22,24)/t12-,16+,18?/m0/s1. The van der Waals surface area contributed by atoms with Crippen molar-refractivity contribution in [3.8, 4) is 17.6 Å². The number of anilines is 1. The first-order valence-electron chi connectivity index (χ1n) is 8.80. The first-order chi connectivity index (χ1) is 12.5. The number of carbonyl (C=O) groups is 1. The normalized spacial score (nSPS) is 25.6. The van der Waals surface area contributed by atoms with Gasteiger partial charge >= 0.3 is 0 Å². The summed E-state index contributed by atoms with van der Waals surface area (Å²) in [6.07, 6.45) is 0.504. The van der Waals surface area contributed by atoms with Gasteiger partial charge in [0.25, 0.3) is 5.91 Å². The van der Waals surface area contributed by atoms with Crippen LogP contribution in [0.15, 0.2) is 12.1 Å². The number of piperidine rings is 1. The van der Waals surface area contributed by atoms with Crippen LogP contribution in [0.5, 0.6) is 5.75 Å². The quantitative estimate of drug-likeness (QED) is 0.619. The zero-order valence-corrected chi connectivity index (χ0v) is 15.8. The van der Waals surface area contributed by atoms with E-state index in [-0.39, 0.29) is 24.2 Å². The summed E-state index contributed by atoms with van der Waals surface area (Å²) >= 11 is 6.13. The zero-order chi connectivity index (χ0) is 18.7. The monoisotopic (exact) mass is 377 g/mol. The van der Waals surface area contributed by atoms with Crippen molar-refractivity contribution in [1.29, 1.82) is 0 Å². The Morgan fingerprint density at radius 3 is 3.08 bits per heavy atom. The molecular weight excluding hydrogens is 354 g/mol. The zero-order valence-electron chi connectivity index (χ0n) is 15.0. The Morgan fingerprint density at radius 1 is 1.50 bits per heavy atom. The van der Waals surface area contributed by atoms with E-state index in [0.29, 0.717) is 28.6 Å². The molecule has 0 spiro atoms. The van der Waals surface area contributed by atoms with E-state index in [0.717, 1.165) is 26.1 Å². The summed E-state index contributed by atoms with van der Waals surface area (Å²) in [6, 6.07) is 3.09. The summed E-state index contributed by atoms with van der Waals surface area (Å²) < 4.78 is 11.6. The maximum absolute atomic E-state index is 12.9. The topological polar surface area (TPSA) is 76.8 Å². The molecule has 0 aromatic heterocycles. The Morgan fingerprint density at radius 2 is 2.31 bits per heavy atom. The van der Waals surface area contributed by atoms with Crippen molar-refractivity contribution >= 4 is 23.2 Å². The lowest BCUT2D eigenvalue weighted by Crippen LogP contribution is -2.58. The largest absolute Gasteiger partial charge is 0.477 e. The lowest BCUT2D eigenvalue weighted by molar-refractivity contribution is -0.0702. The average molecular weight is 378 g/mol. The van der Waals surface area contributed by atoms with Gasteiger partial charge in [0.1, 0.15) is 5.75 Å². The number of ether oxygens (including phenoxy) is 2. The molecule has 1 amide bonds. The molecule has 0 saturated carbocycles. The molecular formula is C19H24ClN3O3. The highest BCUT2D eigenvalue weighted by Gasteiger charge is 2.34. The van der Waals surface area contributed by atoms with Gasteiger partial charge in [0.15, 0.2) is 6.10 Å². The van der Waals surface area contributed by atoms with Gasteiger partial charge in [0.05, 0.1) is 35.0 Å². The van der Waals surface area contributed by atoms with Gasteiger partial charge < -0.3 is 20.5 Å². The van der Waals surface area contributed by atoms with Crippen molar-refractivity contribution in [2.75, 3.05) is 32.0 Å². The van der Waals surface area contributed by atoms with Gasteiger partial charge in [0.2, 0.25) is 0 Å². The van der Waals surface area contributed by atoms with E-state index in [4.69, 9.17) is 26.8 Å². The van der Waals surface area contributed by atoms with Crippen molar-refractivity contribution in [1.82, 2.24) is 10.2 Å². The minimum absolute atomic E-state index is 0.0138. The van der Waals surface area contributed by atoms with Gasteiger partial charge in [-0.25, -0.2) is 0 Å². The number of nitrogens with two attached hydrogens (primary N) is 1. The third kappa shape index (κ3) is 4.24. The highest BCUT2D eigenvalue weighted by atomic mass is 35.5. The molecule has 3 N–H and O–H groups in total. The molecule has 0 radical (unpaired) electrons. The summed E-state index contributed by atoms with van der Waals surface area (Å²) in [5.41, 5.74) is 6.60. The van der Waals surface area contributed by atoms with Crippen molar-refractivity contribution < 1.29 is 14.3 Å². The Labute approximate surface area is 159 Å². The SMILES string of the molecule is CC#C[C@H](C)Oc1cc(N)c(Cl)cc1C(=O)N[C@@H]1CCN2CCOC1C2. The summed E-state index contributed by atoms with van der Waals surface area (Å²) in [7, 11) is 0. The number of morpholine rings is 1. The van der Waals surface area contributed by atoms with Crippen LogP contribution >= 0.6 is 11.6 Å². The predicted octanol–water partition coefficient (Wildman–Crippen LogP) is 1.92. The maximum atomic E-state index is 12.9. The van der Waals surface area contributed by atoms with Gasteiger partial charge in [-0.05, 0) is 26.3 Å². The number of rotatable bonds is 4. The predicted molar refractivity (Wildman–Crippen MR) is 101 cm³/mol. The van der Waals surface area contributed by atoms with Crippen LogP contribution in [0, 0.1) is 11.8 Å². The van der Waals surface area contributed by atoms with Crippen LogP contribution in [0.2, 0.25) is 5.02 Å². The number of benzene rings is 1. The lowest BCUT2D eigenvalue weighted by Gasteiger charge is -2.42. The smallest absolute Gasteiger partial charge is 0.255 e. The fourth-order valence-corrected chi connectivity index (χ4v) is 3.53. The van der Waals surface area contributed by atoms with Crippen LogP contribution in [0.4, 0.5) is 5.69 Å². The second-order valence-electron chi connectivity index (χ2n) is 6.60. The molecule has 0 aliphatic carbocycles. The Bertz CT molecular complexity index is 744. The molecule has 2 saturated heterocycles. The minimum Gasteiger partial charge on any atom is -0.477 e. The number of hydrogen-bond acceptors (Lipinski definition) is 5. The summed E-state index contributed by atoms with van der Waals surface area (Å²) in [4.78, 5) is 15.3. The number of amides is 1. The van der Waals surface area contributed by atoms with Crippen molar-refractivity contribution in [3.63, 3.8) is 0 Å². The minimum atomic E-state index is -0.364. The molecule has 2 bridgehead atoms. The molecule has 2 aliphatic rings. The second-order valence-corrected chi connectivity index (χ2v) is 7.01.